The molecule has 0 unspecified atom stereocenters. The number of piperidine rings is 1. The van der Waals surface area contributed by atoms with Gasteiger partial charge in [0.05, 0.1) is 5.69 Å². The molecule has 1 fully saturated rings. The molecule has 8 nitrogen and oxygen atoms in total. The minimum Gasteiger partial charge on any atom is -0.356 e. The van der Waals surface area contributed by atoms with Crippen LogP contribution in [0.15, 0.2) is 31.0 Å². The second-order valence-electron chi connectivity index (χ2n) is 7.06. The Morgan fingerprint density at radius 1 is 1.15 bits per heavy atom. The quantitative estimate of drug-likeness (QED) is 0.712. The summed E-state index contributed by atoms with van der Waals surface area (Å²) in [4.78, 5) is 21.9. The molecule has 0 bridgehead atoms. The molecule has 0 aliphatic carbocycles. The maximum absolute atomic E-state index is 4.61. The predicted molar refractivity (Wildman–Crippen MR) is 101 cm³/mol. The van der Waals surface area contributed by atoms with Gasteiger partial charge < -0.3 is 9.80 Å². The van der Waals surface area contributed by atoms with Crippen molar-refractivity contribution in [1.82, 2.24) is 29.5 Å². The van der Waals surface area contributed by atoms with Gasteiger partial charge in [0, 0.05) is 38.4 Å². The Bertz CT molecular complexity index is 867. The van der Waals surface area contributed by atoms with E-state index < -0.39 is 0 Å². The molecule has 0 N–H and O–H groups in total. The van der Waals surface area contributed by atoms with Crippen LogP contribution >= 0.6 is 0 Å². The normalized spacial score (nSPS) is 15.8. The van der Waals surface area contributed by atoms with E-state index in [9.17, 15) is 0 Å². The lowest BCUT2D eigenvalue weighted by Gasteiger charge is -2.38. The standard InChI is InChI=1S/C18H24N8/c1-13(2)15-10-17(26-18(23-15)21-12-22-26)25-8-5-14(6-9-25)24(3)16-4-7-19-11-20-16/h4,7,10-14H,5-6,8-9H2,1-3H3. The molecule has 26 heavy (non-hydrogen) atoms. The molecular formula is C18H24N8. The van der Waals surface area contributed by atoms with E-state index in [0.29, 0.717) is 17.7 Å². The van der Waals surface area contributed by atoms with Crippen LogP contribution in [0.2, 0.25) is 0 Å². The fraction of sp³-hybridized carbons (Fsp3) is 0.500. The van der Waals surface area contributed by atoms with Crippen LogP contribution in [0, 0.1) is 0 Å². The number of nitrogens with zero attached hydrogens (tertiary/aromatic N) is 8. The molecule has 1 aliphatic heterocycles. The maximum Gasteiger partial charge on any atom is 0.254 e. The van der Waals surface area contributed by atoms with Crippen LogP contribution in [0.25, 0.3) is 5.78 Å². The monoisotopic (exact) mass is 352 g/mol. The molecule has 0 spiro atoms. The van der Waals surface area contributed by atoms with E-state index in [2.05, 4.69) is 61.8 Å². The highest BCUT2D eigenvalue weighted by atomic mass is 15.4. The molecule has 4 rings (SSSR count). The predicted octanol–water partition coefficient (Wildman–Crippen LogP) is 2.14. The van der Waals surface area contributed by atoms with Crippen molar-refractivity contribution in [3.05, 3.63) is 36.7 Å². The van der Waals surface area contributed by atoms with Crippen LogP contribution < -0.4 is 9.80 Å². The van der Waals surface area contributed by atoms with Gasteiger partial charge in [-0.1, -0.05) is 13.8 Å². The van der Waals surface area contributed by atoms with Crippen LogP contribution in [0.1, 0.15) is 38.3 Å². The molecule has 0 amide bonds. The van der Waals surface area contributed by atoms with Crippen LogP contribution in [-0.2, 0) is 0 Å². The largest absolute Gasteiger partial charge is 0.356 e. The van der Waals surface area contributed by atoms with Gasteiger partial charge in [-0.15, -0.1) is 0 Å². The minimum atomic E-state index is 0.358. The molecule has 0 atom stereocenters. The first-order chi connectivity index (χ1) is 12.6. The number of hydrogen-bond acceptors (Lipinski definition) is 7. The summed E-state index contributed by atoms with van der Waals surface area (Å²) in [6.07, 6.45) is 7.10. The lowest BCUT2D eigenvalue weighted by atomic mass is 10.0. The number of fused-ring (bicyclic) bond motifs is 1. The summed E-state index contributed by atoms with van der Waals surface area (Å²) in [7, 11) is 2.11. The first kappa shape index (κ1) is 16.7. The number of aromatic nitrogens is 6. The zero-order valence-corrected chi connectivity index (χ0v) is 15.4. The molecule has 0 saturated carbocycles. The van der Waals surface area contributed by atoms with Gasteiger partial charge in [-0.2, -0.15) is 14.6 Å². The first-order valence-corrected chi connectivity index (χ1v) is 9.08. The Labute approximate surface area is 152 Å². The highest BCUT2D eigenvalue weighted by Crippen LogP contribution is 2.26. The summed E-state index contributed by atoms with van der Waals surface area (Å²) in [5.74, 6) is 3.09. The summed E-state index contributed by atoms with van der Waals surface area (Å²) < 4.78 is 1.85. The van der Waals surface area contributed by atoms with Crippen LogP contribution in [0.3, 0.4) is 0 Å². The van der Waals surface area contributed by atoms with Gasteiger partial charge in [0.15, 0.2) is 0 Å². The summed E-state index contributed by atoms with van der Waals surface area (Å²) in [5, 5.41) is 4.37. The van der Waals surface area contributed by atoms with Gasteiger partial charge in [-0.25, -0.2) is 15.0 Å². The van der Waals surface area contributed by atoms with E-state index in [1.54, 1.807) is 18.9 Å². The number of rotatable bonds is 4. The highest BCUT2D eigenvalue weighted by molar-refractivity contribution is 5.48. The fourth-order valence-corrected chi connectivity index (χ4v) is 3.50. The van der Waals surface area contributed by atoms with Crippen molar-refractivity contribution in [2.45, 2.75) is 38.6 Å². The summed E-state index contributed by atoms with van der Waals surface area (Å²) in [5.41, 5.74) is 1.06. The number of anilines is 2. The van der Waals surface area contributed by atoms with Gasteiger partial charge in [0.25, 0.3) is 5.78 Å². The Balaban J connectivity index is 1.53. The van der Waals surface area contributed by atoms with Crippen molar-refractivity contribution in [3.8, 4) is 0 Å². The molecule has 0 aromatic carbocycles. The molecule has 3 aromatic heterocycles. The van der Waals surface area contributed by atoms with E-state index in [1.165, 1.54) is 0 Å². The highest BCUT2D eigenvalue weighted by Gasteiger charge is 2.25. The van der Waals surface area contributed by atoms with Gasteiger partial charge in [0.2, 0.25) is 0 Å². The summed E-state index contributed by atoms with van der Waals surface area (Å²) in [6.45, 7) is 6.25. The number of hydrogen-bond donors (Lipinski definition) is 0. The Morgan fingerprint density at radius 2 is 1.96 bits per heavy atom. The third-order valence-electron chi connectivity index (χ3n) is 5.11. The average Bonchev–Trinajstić information content (AvgIpc) is 3.16. The van der Waals surface area contributed by atoms with E-state index in [0.717, 1.165) is 43.3 Å². The van der Waals surface area contributed by atoms with E-state index in [1.807, 2.05) is 10.6 Å². The Hall–Kier alpha value is -2.77. The lowest BCUT2D eigenvalue weighted by molar-refractivity contribution is 0.475. The van der Waals surface area contributed by atoms with Crippen LogP contribution in [0.4, 0.5) is 11.6 Å². The molecular weight excluding hydrogens is 328 g/mol. The SMILES string of the molecule is CC(C)c1cc(N2CCC(N(C)c3ccncn3)CC2)n2ncnc2n1. The van der Waals surface area contributed by atoms with Crippen molar-refractivity contribution >= 4 is 17.4 Å². The Morgan fingerprint density at radius 3 is 2.65 bits per heavy atom. The zero-order valence-electron chi connectivity index (χ0n) is 15.4. The van der Waals surface area contributed by atoms with Gasteiger partial charge in [0.1, 0.15) is 24.3 Å². The first-order valence-electron chi connectivity index (χ1n) is 9.08. The van der Waals surface area contributed by atoms with Gasteiger partial charge in [-0.3, -0.25) is 0 Å². The molecule has 1 aliphatic rings. The third-order valence-corrected chi connectivity index (χ3v) is 5.11. The fourth-order valence-electron chi connectivity index (χ4n) is 3.50. The van der Waals surface area contributed by atoms with E-state index in [-0.39, 0.29) is 0 Å². The maximum atomic E-state index is 4.61. The molecule has 0 radical (unpaired) electrons. The molecule has 1 saturated heterocycles. The summed E-state index contributed by atoms with van der Waals surface area (Å²) in [6, 6.07) is 4.59. The van der Waals surface area contributed by atoms with Crippen molar-refractivity contribution in [1.29, 1.82) is 0 Å². The van der Waals surface area contributed by atoms with Crippen molar-refractivity contribution in [3.63, 3.8) is 0 Å². The van der Waals surface area contributed by atoms with Gasteiger partial charge in [-0.05, 0) is 24.8 Å². The van der Waals surface area contributed by atoms with Gasteiger partial charge >= 0.3 is 0 Å². The average molecular weight is 352 g/mol. The van der Waals surface area contributed by atoms with E-state index >= 15 is 0 Å². The molecule has 4 heterocycles. The summed E-state index contributed by atoms with van der Waals surface area (Å²) >= 11 is 0. The minimum absolute atomic E-state index is 0.358. The smallest absolute Gasteiger partial charge is 0.254 e. The van der Waals surface area contributed by atoms with Crippen LogP contribution in [-0.4, -0.2) is 55.7 Å². The van der Waals surface area contributed by atoms with Crippen molar-refractivity contribution < 1.29 is 0 Å². The zero-order chi connectivity index (χ0) is 18.1. The third kappa shape index (κ3) is 3.07. The molecule has 136 valence electrons. The van der Waals surface area contributed by atoms with Crippen molar-refractivity contribution in [2.24, 2.45) is 0 Å². The second-order valence-corrected chi connectivity index (χ2v) is 7.06. The molecule has 8 heteroatoms. The van der Waals surface area contributed by atoms with Crippen LogP contribution in [0.5, 0.6) is 0 Å². The Kier molecular flexibility index (Phi) is 4.40. The van der Waals surface area contributed by atoms with E-state index in [4.69, 9.17) is 0 Å². The second kappa shape index (κ2) is 6.86. The topological polar surface area (TPSA) is 75.3 Å². The van der Waals surface area contributed by atoms with Crippen molar-refractivity contribution in [2.75, 3.05) is 29.9 Å². The lowest BCUT2D eigenvalue weighted by Crippen LogP contribution is -2.44. The molecule has 3 aromatic rings.